The third-order valence-corrected chi connectivity index (χ3v) is 5.52. The number of hydrogen-bond acceptors (Lipinski definition) is 5. The molecular weight excluding hydrogens is 272 g/mol. The summed E-state index contributed by atoms with van der Waals surface area (Å²) >= 11 is 1.59. The summed E-state index contributed by atoms with van der Waals surface area (Å²) in [5.74, 6) is 0. The summed E-state index contributed by atoms with van der Waals surface area (Å²) < 4.78 is 5.15. The summed E-state index contributed by atoms with van der Waals surface area (Å²) in [6, 6.07) is 0.566. The van der Waals surface area contributed by atoms with Gasteiger partial charge >= 0.3 is 0 Å². The lowest BCUT2D eigenvalue weighted by molar-refractivity contribution is 0.179. The molecular formula is C15H26N2O2S. The van der Waals surface area contributed by atoms with E-state index in [2.05, 4.69) is 30.8 Å². The van der Waals surface area contributed by atoms with Gasteiger partial charge in [-0.3, -0.25) is 0 Å². The van der Waals surface area contributed by atoms with Crippen LogP contribution in [0.1, 0.15) is 50.1 Å². The van der Waals surface area contributed by atoms with Gasteiger partial charge in [-0.25, -0.2) is 4.98 Å². The van der Waals surface area contributed by atoms with Crippen LogP contribution in [0.4, 0.5) is 5.13 Å². The Balaban J connectivity index is 2.07. The molecule has 0 amide bonds. The lowest BCUT2D eigenvalue weighted by atomic mass is 9.75. The molecule has 0 spiro atoms. The smallest absolute Gasteiger partial charge is 0.185 e. The molecule has 5 heteroatoms. The van der Waals surface area contributed by atoms with Gasteiger partial charge in [0, 0.05) is 20.2 Å². The third-order valence-electron chi connectivity index (χ3n) is 4.35. The normalized spacial score (nSPS) is 19.2. The Labute approximate surface area is 125 Å². The number of aliphatic hydroxyl groups excluding tert-OH is 1. The summed E-state index contributed by atoms with van der Waals surface area (Å²) in [6.45, 7) is 5.22. The van der Waals surface area contributed by atoms with Crippen LogP contribution in [0.3, 0.4) is 0 Å². The second kappa shape index (κ2) is 6.41. The first-order valence-electron chi connectivity index (χ1n) is 7.28. The van der Waals surface area contributed by atoms with Crippen molar-refractivity contribution in [3.05, 3.63) is 10.6 Å². The van der Waals surface area contributed by atoms with Crippen molar-refractivity contribution in [1.82, 2.24) is 4.98 Å². The van der Waals surface area contributed by atoms with Crippen LogP contribution in [0.15, 0.2) is 0 Å². The Kier molecular flexibility index (Phi) is 5.04. The summed E-state index contributed by atoms with van der Waals surface area (Å²) in [5.41, 5.74) is 1.36. The van der Waals surface area contributed by atoms with E-state index in [0.717, 1.165) is 15.7 Å². The van der Waals surface area contributed by atoms with Crippen molar-refractivity contribution in [1.29, 1.82) is 0 Å². The van der Waals surface area contributed by atoms with E-state index < -0.39 is 0 Å². The SMILES string of the molecule is COCc1nc(N(C)C2CCC(C)(C)CC2)sc1CO. The average Bonchev–Trinajstić information content (AvgIpc) is 2.81. The van der Waals surface area contributed by atoms with Gasteiger partial charge in [0.1, 0.15) is 0 Å². The van der Waals surface area contributed by atoms with Crippen molar-refractivity contribution < 1.29 is 9.84 Å². The van der Waals surface area contributed by atoms with Gasteiger partial charge in [0.15, 0.2) is 5.13 Å². The van der Waals surface area contributed by atoms with Crippen LogP contribution in [0.2, 0.25) is 0 Å². The van der Waals surface area contributed by atoms with Crippen molar-refractivity contribution >= 4 is 16.5 Å². The molecule has 1 aromatic heterocycles. The molecule has 0 saturated heterocycles. The quantitative estimate of drug-likeness (QED) is 0.907. The standard InChI is InChI=1S/C15H26N2O2S/c1-15(2)7-5-11(6-8-15)17(3)14-16-12(10-19-4)13(9-18)20-14/h11,18H,5-10H2,1-4H3. The molecule has 0 aliphatic heterocycles. The Morgan fingerprint density at radius 1 is 1.40 bits per heavy atom. The number of hydrogen-bond donors (Lipinski definition) is 1. The van der Waals surface area contributed by atoms with E-state index in [4.69, 9.17) is 4.74 Å². The van der Waals surface area contributed by atoms with Gasteiger partial charge in [0.25, 0.3) is 0 Å². The zero-order valence-electron chi connectivity index (χ0n) is 13.0. The number of aromatic nitrogens is 1. The molecule has 114 valence electrons. The summed E-state index contributed by atoms with van der Waals surface area (Å²) in [6.07, 6.45) is 4.98. The molecule has 0 bridgehead atoms. The molecule has 20 heavy (non-hydrogen) atoms. The van der Waals surface area contributed by atoms with Gasteiger partial charge in [-0.1, -0.05) is 25.2 Å². The first-order chi connectivity index (χ1) is 9.46. The molecule has 1 saturated carbocycles. The van der Waals surface area contributed by atoms with E-state index >= 15 is 0 Å². The van der Waals surface area contributed by atoms with Crippen LogP contribution < -0.4 is 4.90 Å². The van der Waals surface area contributed by atoms with Crippen LogP contribution in [-0.2, 0) is 18.0 Å². The lowest BCUT2D eigenvalue weighted by Crippen LogP contribution is -2.37. The summed E-state index contributed by atoms with van der Waals surface area (Å²) in [7, 11) is 3.78. The van der Waals surface area contributed by atoms with Crippen molar-refractivity contribution in [3.63, 3.8) is 0 Å². The maximum Gasteiger partial charge on any atom is 0.185 e. The Hall–Kier alpha value is -0.650. The maximum absolute atomic E-state index is 9.42. The Bertz CT molecular complexity index is 435. The minimum absolute atomic E-state index is 0.0435. The second-order valence-corrected chi connectivity index (χ2v) is 7.53. The fraction of sp³-hybridized carbons (Fsp3) is 0.800. The highest BCUT2D eigenvalue weighted by atomic mass is 32.1. The Morgan fingerprint density at radius 2 is 2.05 bits per heavy atom. The van der Waals surface area contributed by atoms with Crippen LogP contribution in [0.5, 0.6) is 0 Å². The summed E-state index contributed by atoms with van der Waals surface area (Å²) in [5, 5.41) is 10.4. The number of anilines is 1. The number of methoxy groups -OCH3 is 1. The summed E-state index contributed by atoms with van der Waals surface area (Å²) in [4.78, 5) is 7.85. The molecule has 1 aliphatic carbocycles. The monoisotopic (exact) mass is 298 g/mol. The fourth-order valence-electron chi connectivity index (χ4n) is 2.82. The van der Waals surface area contributed by atoms with E-state index in [1.807, 2.05) is 0 Å². The van der Waals surface area contributed by atoms with Gasteiger partial charge < -0.3 is 14.7 Å². The second-order valence-electron chi connectivity index (χ2n) is 6.46. The number of rotatable bonds is 5. The fourth-order valence-corrected chi connectivity index (χ4v) is 3.78. The first kappa shape index (κ1) is 15.7. The van der Waals surface area contributed by atoms with E-state index in [0.29, 0.717) is 18.1 Å². The topological polar surface area (TPSA) is 45.6 Å². The van der Waals surface area contributed by atoms with Gasteiger partial charge in [0.05, 0.1) is 23.8 Å². The first-order valence-corrected chi connectivity index (χ1v) is 8.09. The molecule has 1 N–H and O–H groups in total. The zero-order valence-corrected chi connectivity index (χ0v) is 13.8. The molecule has 1 fully saturated rings. The zero-order chi connectivity index (χ0) is 14.8. The van der Waals surface area contributed by atoms with Gasteiger partial charge in [-0.05, 0) is 31.1 Å². The minimum atomic E-state index is 0.0435. The predicted molar refractivity (Wildman–Crippen MR) is 83.2 cm³/mol. The van der Waals surface area contributed by atoms with Crippen LogP contribution in [0, 0.1) is 5.41 Å². The molecule has 1 aliphatic rings. The number of nitrogens with zero attached hydrogens (tertiary/aromatic N) is 2. The number of thiazole rings is 1. The maximum atomic E-state index is 9.42. The van der Waals surface area contributed by atoms with Gasteiger partial charge in [0.2, 0.25) is 0 Å². The van der Waals surface area contributed by atoms with Crippen molar-refractivity contribution in [3.8, 4) is 0 Å². The largest absolute Gasteiger partial charge is 0.391 e. The minimum Gasteiger partial charge on any atom is -0.391 e. The molecule has 0 unspecified atom stereocenters. The van der Waals surface area contributed by atoms with Crippen molar-refractivity contribution in [2.75, 3.05) is 19.1 Å². The van der Waals surface area contributed by atoms with E-state index in [1.54, 1.807) is 18.4 Å². The molecule has 2 rings (SSSR count). The van der Waals surface area contributed by atoms with Crippen LogP contribution in [-0.4, -0.2) is 30.3 Å². The number of aliphatic hydroxyl groups is 1. The van der Waals surface area contributed by atoms with Gasteiger partial charge in [-0.2, -0.15) is 0 Å². The molecule has 4 nitrogen and oxygen atoms in total. The van der Waals surface area contributed by atoms with Crippen molar-refractivity contribution in [2.45, 2.75) is 58.8 Å². The Morgan fingerprint density at radius 3 is 2.60 bits per heavy atom. The average molecular weight is 298 g/mol. The van der Waals surface area contributed by atoms with E-state index in [9.17, 15) is 5.11 Å². The van der Waals surface area contributed by atoms with Crippen molar-refractivity contribution in [2.24, 2.45) is 5.41 Å². The van der Waals surface area contributed by atoms with Crippen LogP contribution in [0.25, 0.3) is 0 Å². The molecule has 0 radical (unpaired) electrons. The van der Waals surface area contributed by atoms with Gasteiger partial charge in [-0.15, -0.1) is 0 Å². The van der Waals surface area contributed by atoms with E-state index in [1.165, 1.54) is 25.7 Å². The molecule has 0 atom stereocenters. The predicted octanol–water partition coefficient (Wildman–Crippen LogP) is 3.19. The lowest BCUT2D eigenvalue weighted by Gasteiger charge is -2.38. The van der Waals surface area contributed by atoms with Crippen LogP contribution >= 0.6 is 11.3 Å². The highest BCUT2D eigenvalue weighted by Crippen LogP contribution is 2.38. The third kappa shape index (κ3) is 3.51. The molecule has 1 aromatic rings. The molecule has 0 aromatic carbocycles. The van der Waals surface area contributed by atoms with E-state index in [-0.39, 0.29) is 6.61 Å². The molecule has 1 heterocycles. The highest BCUT2D eigenvalue weighted by Gasteiger charge is 2.30. The highest BCUT2D eigenvalue weighted by molar-refractivity contribution is 7.15. The number of ether oxygens (including phenoxy) is 1.